The standard InChI is InChI=1S/C17H14FN2OP/c18-9-5-6-12-13(7-9)19-14(8-22)15(12)16-10-3-1-2-4-11(10)17(21)20-16/h1-7,16,19H,8,22H2,(H,20,21). The zero-order chi connectivity index (χ0) is 15.3. The first-order chi connectivity index (χ1) is 10.7. The minimum Gasteiger partial charge on any atom is -0.358 e. The highest BCUT2D eigenvalue weighted by Gasteiger charge is 2.32. The van der Waals surface area contributed by atoms with Crippen LogP contribution in [0.4, 0.5) is 4.39 Å². The van der Waals surface area contributed by atoms with E-state index < -0.39 is 0 Å². The average molecular weight is 312 g/mol. The third-order valence-corrected chi connectivity index (χ3v) is 4.58. The van der Waals surface area contributed by atoms with Crippen molar-refractivity contribution >= 4 is 26.0 Å². The molecule has 2 unspecified atom stereocenters. The van der Waals surface area contributed by atoms with Crippen LogP contribution in [0, 0.1) is 5.82 Å². The molecule has 1 aromatic heterocycles. The molecule has 0 bridgehead atoms. The van der Waals surface area contributed by atoms with E-state index in [1.807, 2.05) is 24.3 Å². The number of rotatable bonds is 2. The number of aromatic amines is 1. The van der Waals surface area contributed by atoms with Crippen LogP contribution in [-0.2, 0) is 6.16 Å². The van der Waals surface area contributed by atoms with Crippen LogP contribution in [0.25, 0.3) is 10.9 Å². The summed E-state index contributed by atoms with van der Waals surface area (Å²) < 4.78 is 13.5. The van der Waals surface area contributed by atoms with Crippen LogP contribution in [0.1, 0.15) is 33.2 Å². The lowest BCUT2D eigenvalue weighted by Crippen LogP contribution is -2.20. The van der Waals surface area contributed by atoms with Crippen molar-refractivity contribution in [2.45, 2.75) is 12.2 Å². The van der Waals surface area contributed by atoms with Crippen molar-refractivity contribution in [3.05, 3.63) is 70.7 Å². The van der Waals surface area contributed by atoms with Gasteiger partial charge in [0.15, 0.2) is 0 Å². The molecule has 0 fully saturated rings. The van der Waals surface area contributed by atoms with Gasteiger partial charge >= 0.3 is 0 Å². The van der Waals surface area contributed by atoms with Crippen LogP contribution >= 0.6 is 9.24 Å². The lowest BCUT2D eigenvalue weighted by molar-refractivity contribution is 0.0960. The Kier molecular flexibility index (Phi) is 3.02. The molecule has 22 heavy (non-hydrogen) atoms. The summed E-state index contributed by atoms with van der Waals surface area (Å²) in [4.78, 5) is 15.4. The number of fused-ring (bicyclic) bond motifs is 2. The van der Waals surface area contributed by atoms with Gasteiger partial charge in [0.2, 0.25) is 0 Å². The normalized spacial score (nSPS) is 16.8. The minimum absolute atomic E-state index is 0.0632. The van der Waals surface area contributed by atoms with E-state index in [0.717, 1.165) is 27.7 Å². The van der Waals surface area contributed by atoms with Crippen molar-refractivity contribution in [2.75, 3.05) is 0 Å². The monoisotopic (exact) mass is 312 g/mol. The summed E-state index contributed by atoms with van der Waals surface area (Å²) in [5, 5.41) is 3.99. The molecule has 0 spiro atoms. The van der Waals surface area contributed by atoms with Gasteiger partial charge in [0.1, 0.15) is 5.82 Å². The molecule has 0 aliphatic carbocycles. The van der Waals surface area contributed by atoms with Crippen molar-refractivity contribution in [1.29, 1.82) is 0 Å². The second-order valence-electron chi connectivity index (χ2n) is 5.40. The Balaban J connectivity index is 1.97. The first kappa shape index (κ1) is 13.5. The Morgan fingerprint density at radius 3 is 2.82 bits per heavy atom. The summed E-state index contributed by atoms with van der Waals surface area (Å²) in [6.45, 7) is 0. The molecule has 110 valence electrons. The van der Waals surface area contributed by atoms with Crippen molar-refractivity contribution in [3.63, 3.8) is 0 Å². The summed E-state index contributed by atoms with van der Waals surface area (Å²) in [5.41, 5.74) is 4.44. The zero-order valence-electron chi connectivity index (χ0n) is 11.7. The highest BCUT2D eigenvalue weighted by Crippen LogP contribution is 2.37. The summed E-state index contributed by atoms with van der Waals surface area (Å²) in [6, 6.07) is 12.1. The fraction of sp³-hybridized carbons (Fsp3) is 0.118. The molecule has 1 aliphatic rings. The van der Waals surface area contributed by atoms with Crippen LogP contribution < -0.4 is 5.32 Å². The number of hydrogen-bond donors (Lipinski definition) is 2. The summed E-state index contributed by atoms with van der Waals surface area (Å²) >= 11 is 0. The number of benzene rings is 2. The first-order valence-electron chi connectivity index (χ1n) is 7.09. The predicted octanol–water partition coefficient (Wildman–Crippen LogP) is 3.51. The number of carbonyl (C=O) groups is 1. The average Bonchev–Trinajstić information content (AvgIpc) is 3.05. The van der Waals surface area contributed by atoms with E-state index in [0.29, 0.717) is 11.7 Å². The van der Waals surface area contributed by atoms with Gasteiger partial charge < -0.3 is 10.3 Å². The highest BCUT2D eigenvalue weighted by atomic mass is 31.0. The highest BCUT2D eigenvalue weighted by molar-refractivity contribution is 7.15. The maximum absolute atomic E-state index is 13.5. The summed E-state index contributed by atoms with van der Waals surface area (Å²) in [6.07, 6.45) is 0.709. The molecule has 1 aliphatic heterocycles. The number of aromatic nitrogens is 1. The second kappa shape index (κ2) is 4.92. The number of halogens is 1. The quantitative estimate of drug-likeness (QED) is 0.699. The number of amides is 1. The van der Waals surface area contributed by atoms with Crippen LogP contribution in [-0.4, -0.2) is 10.9 Å². The SMILES string of the molecule is O=C1NC(c2c(CP)[nH]c3cc(F)ccc23)c2ccccc21. The van der Waals surface area contributed by atoms with E-state index in [2.05, 4.69) is 19.5 Å². The third-order valence-electron chi connectivity index (χ3n) is 4.17. The maximum Gasteiger partial charge on any atom is 0.252 e. The Labute approximate surface area is 129 Å². The van der Waals surface area contributed by atoms with Gasteiger partial charge in [-0.05, 0) is 29.8 Å². The van der Waals surface area contributed by atoms with E-state index >= 15 is 0 Å². The van der Waals surface area contributed by atoms with Crippen LogP contribution in [0.5, 0.6) is 0 Å². The van der Waals surface area contributed by atoms with Crippen LogP contribution in [0.3, 0.4) is 0 Å². The molecule has 2 atom stereocenters. The van der Waals surface area contributed by atoms with E-state index in [4.69, 9.17) is 0 Å². The fourth-order valence-corrected chi connectivity index (χ4v) is 3.53. The molecule has 0 radical (unpaired) electrons. The molecule has 2 N–H and O–H groups in total. The molecular formula is C17H14FN2OP. The van der Waals surface area contributed by atoms with Crippen molar-refractivity contribution < 1.29 is 9.18 Å². The van der Waals surface area contributed by atoms with Crippen LogP contribution in [0.2, 0.25) is 0 Å². The number of H-pyrrole nitrogens is 1. The molecule has 0 saturated heterocycles. The topological polar surface area (TPSA) is 44.9 Å². The number of hydrogen-bond acceptors (Lipinski definition) is 1. The predicted molar refractivity (Wildman–Crippen MR) is 87.4 cm³/mol. The molecule has 2 heterocycles. The molecule has 3 aromatic rings. The van der Waals surface area contributed by atoms with Crippen molar-refractivity contribution in [1.82, 2.24) is 10.3 Å². The number of nitrogens with one attached hydrogen (secondary N) is 2. The summed E-state index contributed by atoms with van der Waals surface area (Å²) in [7, 11) is 2.68. The largest absolute Gasteiger partial charge is 0.358 e. The van der Waals surface area contributed by atoms with Gasteiger partial charge in [-0.2, -0.15) is 0 Å². The molecule has 0 saturated carbocycles. The lowest BCUT2D eigenvalue weighted by Gasteiger charge is -2.13. The van der Waals surface area contributed by atoms with E-state index in [1.165, 1.54) is 12.1 Å². The van der Waals surface area contributed by atoms with E-state index in [-0.39, 0.29) is 17.8 Å². The third kappa shape index (κ3) is 1.87. The Hall–Kier alpha value is -2.19. The van der Waals surface area contributed by atoms with Gasteiger partial charge in [-0.15, -0.1) is 9.24 Å². The van der Waals surface area contributed by atoms with Crippen molar-refractivity contribution in [2.24, 2.45) is 0 Å². The van der Waals surface area contributed by atoms with E-state index in [9.17, 15) is 9.18 Å². The summed E-state index contributed by atoms with van der Waals surface area (Å²) in [5.74, 6) is -0.335. The van der Waals surface area contributed by atoms with Gasteiger partial charge in [0.05, 0.1) is 6.04 Å². The Bertz CT molecular complexity index is 903. The minimum atomic E-state index is -0.272. The molecule has 2 aromatic carbocycles. The lowest BCUT2D eigenvalue weighted by atomic mass is 9.96. The Morgan fingerprint density at radius 1 is 1.18 bits per heavy atom. The van der Waals surface area contributed by atoms with Crippen LogP contribution in [0.15, 0.2) is 42.5 Å². The first-order valence-corrected chi connectivity index (χ1v) is 7.90. The smallest absolute Gasteiger partial charge is 0.252 e. The van der Waals surface area contributed by atoms with E-state index in [1.54, 1.807) is 6.07 Å². The van der Waals surface area contributed by atoms with Gasteiger partial charge in [-0.3, -0.25) is 4.79 Å². The van der Waals surface area contributed by atoms with Gasteiger partial charge in [-0.25, -0.2) is 4.39 Å². The number of carbonyl (C=O) groups excluding carboxylic acids is 1. The fourth-order valence-electron chi connectivity index (χ4n) is 3.21. The molecule has 3 nitrogen and oxygen atoms in total. The molecule has 1 amide bonds. The van der Waals surface area contributed by atoms with Gasteiger partial charge in [0, 0.05) is 33.9 Å². The molecular weight excluding hydrogens is 298 g/mol. The second-order valence-corrected chi connectivity index (χ2v) is 5.81. The van der Waals surface area contributed by atoms with Gasteiger partial charge in [0.25, 0.3) is 5.91 Å². The zero-order valence-corrected chi connectivity index (χ0v) is 12.8. The maximum atomic E-state index is 13.5. The van der Waals surface area contributed by atoms with Gasteiger partial charge in [-0.1, -0.05) is 18.2 Å². The van der Waals surface area contributed by atoms with Crippen molar-refractivity contribution in [3.8, 4) is 0 Å². The Morgan fingerprint density at radius 2 is 2.00 bits per heavy atom. The molecule has 5 heteroatoms. The molecule has 4 rings (SSSR count).